The number of imide groups is 1. The Kier molecular flexibility index (Phi) is 12.7. The lowest BCUT2D eigenvalue weighted by Gasteiger charge is -2.52. The second-order valence-corrected chi connectivity index (χ2v) is 14.9. The van der Waals surface area contributed by atoms with Gasteiger partial charge in [-0.1, -0.05) is 0 Å². The Morgan fingerprint density at radius 3 is 1.54 bits per heavy atom. The van der Waals surface area contributed by atoms with Gasteiger partial charge in [0.15, 0.2) is 0 Å². The Hall–Kier alpha value is -3.63. The van der Waals surface area contributed by atoms with Gasteiger partial charge < -0.3 is 24.5 Å². The van der Waals surface area contributed by atoms with E-state index in [-0.39, 0.29) is 84.0 Å². The van der Waals surface area contributed by atoms with Gasteiger partial charge in [-0.3, -0.25) is 43.5 Å². The average molecular weight is 683 g/mol. The van der Waals surface area contributed by atoms with Gasteiger partial charge in [0.1, 0.15) is 11.2 Å². The van der Waals surface area contributed by atoms with E-state index < -0.39 is 64.3 Å². The number of aliphatic carboxylic acids is 2. The summed E-state index contributed by atoms with van der Waals surface area (Å²) in [6, 6.07) is 0. The highest BCUT2D eigenvalue weighted by atomic mass is 16.7. The highest BCUT2D eigenvalue weighted by Gasteiger charge is 2.51. The second kappa shape index (κ2) is 15.7. The van der Waals surface area contributed by atoms with Crippen molar-refractivity contribution in [2.75, 3.05) is 52.4 Å². The van der Waals surface area contributed by atoms with E-state index in [1.165, 1.54) is 0 Å². The maximum atomic E-state index is 13.4. The molecule has 0 aromatic rings. The third kappa shape index (κ3) is 11.2. The Morgan fingerprint density at radius 1 is 0.750 bits per heavy atom. The number of carboxylic acids is 2. The molecule has 270 valence electrons. The van der Waals surface area contributed by atoms with Crippen molar-refractivity contribution in [3.63, 3.8) is 0 Å². The van der Waals surface area contributed by atoms with E-state index in [9.17, 15) is 43.8 Å². The minimum absolute atomic E-state index is 0.0355. The van der Waals surface area contributed by atoms with Crippen LogP contribution < -0.4 is 0 Å². The predicted octanol–water partition coefficient (Wildman–Crippen LogP) is 0.911. The maximum absolute atomic E-state index is 13.4. The molecule has 3 fully saturated rings. The quantitative estimate of drug-likeness (QED) is 0.217. The molecule has 48 heavy (non-hydrogen) atoms. The van der Waals surface area contributed by atoms with Gasteiger partial charge in [-0.15, -0.1) is 5.06 Å². The van der Waals surface area contributed by atoms with E-state index in [4.69, 9.17) is 14.3 Å². The number of amides is 2. The minimum atomic E-state index is -1.18. The molecule has 3 aliphatic rings. The smallest absolute Gasteiger partial charge is 0.336 e. The number of carbonyl (C=O) groups excluding carboxylic acids is 5. The summed E-state index contributed by atoms with van der Waals surface area (Å²) < 4.78 is 11.3. The number of hydrogen-bond acceptors (Lipinski definition) is 13. The summed E-state index contributed by atoms with van der Waals surface area (Å²) in [6.07, 6.45) is 1.17. The van der Waals surface area contributed by atoms with Crippen molar-refractivity contribution in [1.29, 1.82) is 0 Å². The fourth-order valence-electron chi connectivity index (χ4n) is 6.75. The maximum Gasteiger partial charge on any atom is 0.336 e. The van der Waals surface area contributed by atoms with Crippen molar-refractivity contribution < 1.29 is 58.1 Å². The standard InChI is InChI=1S/C32H50N4O12/c1-30(2,3)46-27(43)17-35(18-28(44)47-31(4,5)6)32(19-33(15-25(39)40)13-14-34(20-32)16-26(41)42)22-9-7-21(8-10-22)29(45)48-36-23(37)11-12-24(36)38/h21-22H,7-20H2,1-6H3,(H,39,40)(H,41,42). The SMILES string of the molecule is CC(C)(C)OC(=O)CN(CC(=O)OC(C)(C)C)C1(C2CCC(C(=O)ON3C(=O)CCC3=O)CC2)CN(CC(=O)O)CCN(CC(=O)O)C1. The van der Waals surface area contributed by atoms with Gasteiger partial charge >= 0.3 is 29.8 Å². The van der Waals surface area contributed by atoms with Gasteiger partial charge in [0.25, 0.3) is 11.8 Å². The lowest BCUT2D eigenvalue weighted by molar-refractivity contribution is -0.201. The Balaban J connectivity index is 2.04. The molecule has 2 aliphatic heterocycles. The van der Waals surface area contributed by atoms with Crippen LogP contribution in [0.1, 0.15) is 80.1 Å². The fourth-order valence-corrected chi connectivity index (χ4v) is 6.75. The molecule has 0 unspecified atom stereocenters. The third-order valence-electron chi connectivity index (χ3n) is 8.56. The summed E-state index contributed by atoms with van der Waals surface area (Å²) in [5, 5.41) is 20.1. The molecular formula is C32H50N4O12. The van der Waals surface area contributed by atoms with Crippen LogP contribution in [0.15, 0.2) is 0 Å². The summed E-state index contributed by atoms with van der Waals surface area (Å²) in [5.41, 5.74) is -2.88. The zero-order chi connectivity index (χ0) is 36.0. The molecule has 0 radical (unpaired) electrons. The van der Waals surface area contributed by atoms with Gasteiger partial charge in [-0.2, -0.15) is 0 Å². The van der Waals surface area contributed by atoms with Crippen LogP contribution in [-0.2, 0) is 47.9 Å². The molecule has 0 bridgehead atoms. The van der Waals surface area contributed by atoms with E-state index in [1.54, 1.807) is 56.2 Å². The van der Waals surface area contributed by atoms with Crippen molar-refractivity contribution in [2.24, 2.45) is 11.8 Å². The van der Waals surface area contributed by atoms with Crippen LogP contribution in [0, 0.1) is 11.8 Å². The molecule has 16 nitrogen and oxygen atoms in total. The largest absolute Gasteiger partial charge is 0.480 e. The van der Waals surface area contributed by atoms with Crippen molar-refractivity contribution in [3.05, 3.63) is 0 Å². The zero-order valence-electron chi connectivity index (χ0n) is 28.8. The summed E-state index contributed by atoms with van der Waals surface area (Å²) in [7, 11) is 0. The molecular weight excluding hydrogens is 632 g/mol. The summed E-state index contributed by atoms with van der Waals surface area (Å²) in [6.45, 7) is 9.32. The molecule has 2 amide bonds. The Labute approximate surface area is 280 Å². The van der Waals surface area contributed by atoms with Crippen LogP contribution in [0.2, 0.25) is 0 Å². The first-order valence-electron chi connectivity index (χ1n) is 16.3. The predicted molar refractivity (Wildman–Crippen MR) is 167 cm³/mol. The van der Waals surface area contributed by atoms with Crippen molar-refractivity contribution >= 4 is 41.7 Å². The summed E-state index contributed by atoms with van der Waals surface area (Å²) >= 11 is 0. The molecule has 0 aromatic carbocycles. The van der Waals surface area contributed by atoms with Crippen molar-refractivity contribution in [3.8, 4) is 0 Å². The molecule has 1 saturated carbocycles. The average Bonchev–Trinajstić information content (AvgIpc) is 3.13. The molecule has 0 atom stereocenters. The normalized spacial score (nSPS) is 22.7. The number of carboxylic acid groups (broad SMARTS) is 2. The number of nitrogens with zero attached hydrogens (tertiary/aromatic N) is 4. The van der Waals surface area contributed by atoms with Crippen LogP contribution >= 0.6 is 0 Å². The molecule has 2 heterocycles. The highest BCUT2D eigenvalue weighted by Crippen LogP contribution is 2.41. The number of hydrogen-bond donors (Lipinski definition) is 2. The topological polar surface area (TPSA) is 201 Å². The molecule has 2 saturated heterocycles. The number of carbonyl (C=O) groups is 7. The van der Waals surface area contributed by atoms with Crippen LogP contribution in [-0.4, -0.2) is 141 Å². The molecule has 3 rings (SSSR count). The third-order valence-corrected chi connectivity index (χ3v) is 8.56. The summed E-state index contributed by atoms with van der Waals surface area (Å²) in [4.78, 5) is 98.0. The van der Waals surface area contributed by atoms with Crippen molar-refractivity contribution in [1.82, 2.24) is 19.8 Å². The molecule has 0 aromatic heterocycles. The molecule has 16 heteroatoms. The number of hydroxylamine groups is 2. The van der Waals surface area contributed by atoms with Crippen molar-refractivity contribution in [2.45, 2.75) is 96.8 Å². The number of rotatable bonds is 12. The van der Waals surface area contributed by atoms with Gasteiger partial charge in [-0.25, -0.2) is 4.79 Å². The van der Waals surface area contributed by atoms with Crippen LogP contribution in [0.3, 0.4) is 0 Å². The van der Waals surface area contributed by atoms with E-state index in [0.717, 1.165) is 0 Å². The van der Waals surface area contributed by atoms with E-state index in [2.05, 4.69) is 0 Å². The van der Waals surface area contributed by atoms with Gasteiger partial charge in [-0.05, 0) is 73.1 Å². The minimum Gasteiger partial charge on any atom is -0.480 e. The molecule has 0 spiro atoms. The van der Waals surface area contributed by atoms with E-state index >= 15 is 0 Å². The number of esters is 2. The molecule has 1 aliphatic carbocycles. The first-order chi connectivity index (χ1) is 22.2. The monoisotopic (exact) mass is 682 g/mol. The van der Waals surface area contributed by atoms with Gasteiger partial charge in [0.05, 0.1) is 37.6 Å². The second-order valence-electron chi connectivity index (χ2n) is 14.9. The summed E-state index contributed by atoms with van der Waals surface area (Å²) in [5.74, 6) is -6.38. The first kappa shape index (κ1) is 38.8. The molecule has 2 N–H and O–H groups in total. The van der Waals surface area contributed by atoms with Gasteiger partial charge in [0, 0.05) is 39.0 Å². The van der Waals surface area contributed by atoms with Gasteiger partial charge in [0.2, 0.25) is 0 Å². The highest BCUT2D eigenvalue weighted by molar-refractivity contribution is 6.01. The van der Waals surface area contributed by atoms with Crippen LogP contribution in [0.4, 0.5) is 0 Å². The Morgan fingerprint density at radius 2 is 1.17 bits per heavy atom. The Bertz CT molecular complexity index is 1180. The zero-order valence-corrected chi connectivity index (χ0v) is 28.8. The first-order valence-corrected chi connectivity index (χ1v) is 16.3. The van der Waals surface area contributed by atoms with Crippen LogP contribution in [0.5, 0.6) is 0 Å². The van der Waals surface area contributed by atoms with E-state index in [1.807, 2.05) is 0 Å². The fraction of sp³-hybridized carbons (Fsp3) is 0.781. The lowest BCUT2D eigenvalue weighted by atomic mass is 9.70. The van der Waals surface area contributed by atoms with E-state index in [0.29, 0.717) is 17.9 Å². The lowest BCUT2D eigenvalue weighted by Crippen LogP contribution is -2.66. The number of ether oxygens (including phenoxy) is 2. The van der Waals surface area contributed by atoms with Crippen LogP contribution in [0.25, 0.3) is 0 Å².